The molecule has 0 unspecified atom stereocenters. The zero-order valence-corrected chi connectivity index (χ0v) is 28.3. The zero-order valence-electron chi connectivity index (χ0n) is 26.3. The minimum Gasteiger partial charge on any atom is -0.438 e. The second-order valence-corrected chi connectivity index (χ2v) is 17.8. The highest BCUT2D eigenvalue weighted by Gasteiger charge is 2.45. The summed E-state index contributed by atoms with van der Waals surface area (Å²) in [6.07, 6.45) is 6.16. The van der Waals surface area contributed by atoms with Crippen LogP contribution in [0.15, 0.2) is 192 Å². The molecule has 0 aliphatic heterocycles. The monoisotopic (exact) mass is 646 g/mol. The van der Waals surface area contributed by atoms with Crippen LogP contribution in [-0.2, 0) is 9.05 Å². The summed E-state index contributed by atoms with van der Waals surface area (Å²) in [5.41, 5.74) is 0. The van der Waals surface area contributed by atoms with Crippen LogP contribution >= 0.6 is 0 Å². The van der Waals surface area contributed by atoms with E-state index in [2.05, 4.69) is 156 Å². The number of benzene rings is 6. The molecule has 0 saturated heterocycles. The van der Waals surface area contributed by atoms with Crippen molar-refractivity contribution < 1.29 is 9.05 Å². The Morgan fingerprint density at radius 1 is 0.340 bits per heavy atom. The Kier molecular flexibility index (Phi) is 10.6. The van der Waals surface area contributed by atoms with Crippen molar-refractivity contribution in [2.45, 2.75) is 19.3 Å². The van der Waals surface area contributed by atoms with Gasteiger partial charge in [0.1, 0.15) is 0 Å². The first-order valence-electron chi connectivity index (χ1n) is 16.1. The molecule has 0 aromatic heterocycles. The van der Waals surface area contributed by atoms with Crippen LogP contribution in [0.1, 0.15) is 19.3 Å². The van der Waals surface area contributed by atoms with Crippen LogP contribution in [0.4, 0.5) is 0 Å². The summed E-state index contributed by atoms with van der Waals surface area (Å²) in [5.74, 6) is 0. The number of rotatable bonds is 14. The lowest BCUT2D eigenvalue weighted by molar-refractivity contribution is 0.349. The molecule has 0 spiro atoms. The summed E-state index contributed by atoms with van der Waals surface area (Å²) in [6, 6.07) is 63.0. The Labute approximate surface area is 279 Å². The molecule has 6 heteroatoms. The molecule has 6 rings (SSSR count). The summed E-state index contributed by atoms with van der Waals surface area (Å²) in [7, 11) is -5.72. The molecule has 0 aliphatic carbocycles. The van der Waals surface area contributed by atoms with E-state index >= 15 is 0 Å². The highest BCUT2D eigenvalue weighted by Crippen LogP contribution is 2.12. The first-order chi connectivity index (χ1) is 23.3. The van der Waals surface area contributed by atoms with Crippen molar-refractivity contribution in [1.82, 2.24) is 0 Å². The highest BCUT2D eigenvalue weighted by atomic mass is 28.4. The second-order valence-electron chi connectivity index (χ2n) is 11.2. The minimum atomic E-state index is -2.86. The summed E-state index contributed by atoms with van der Waals surface area (Å²) in [4.78, 5) is 0. The van der Waals surface area contributed by atoms with Gasteiger partial charge in [-0.2, -0.15) is 0 Å². The van der Waals surface area contributed by atoms with Crippen molar-refractivity contribution in [2.24, 2.45) is 10.3 Å². The van der Waals surface area contributed by atoms with E-state index < -0.39 is 16.6 Å². The molecule has 232 valence electrons. The van der Waals surface area contributed by atoms with Crippen LogP contribution in [0.3, 0.4) is 0 Å². The van der Waals surface area contributed by atoms with Crippen molar-refractivity contribution in [2.75, 3.05) is 0 Å². The molecule has 0 atom stereocenters. The molecule has 4 nitrogen and oxygen atoms in total. The Bertz CT molecular complexity index is 1510. The topological polar surface area (TPSA) is 43.2 Å². The van der Waals surface area contributed by atoms with Crippen molar-refractivity contribution in [3.63, 3.8) is 0 Å². The molecular weight excluding hydrogens is 609 g/mol. The second kappa shape index (κ2) is 15.8. The maximum absolute atomic E-state index is 6.66. The fourth-order valence-corrected chi connectivity index (χ4v) is 13.1. The SMILES string of the molecule is C(CCCC=NO[Si](c1ccccc1)(c1ccccc1)c1ccccc1)=NO[Si](c1ccccc1)(c1ccccc1)c1ccccc1. The molecule has 0 radical (unpaired) electrons. The zero-order chi connectivity index (χ0) is 32.0. The predicted molar refractivity (Wildman–Crippen MR) is 201 cm³/mol. The lowest BCUT2D eigenvalue weighted by Gasteiger charge is -2.30. The van der Waals surface area contributed by atoms with E-state index in [9.17, 15) is 0 Å². The highest BCUT2D eigenvalue weighted by molar-refractivity contribution is 7.07. The summed E-state index contributed by atoms with van der Waals surface area (Å²) < 4.78 is 13.3. The predicted octanol–water partition coefficient (Wildman–Crippen LogP) is 5.50. The average Bonchev–Trinajstić information content (AvgIpc) is 3.16. The van der Waals surface area contributed by atoms with Gasteiger partial charge in [0.2, 0.25) is 0 Å². The van der Waals surface area contributed by atoms with Gasteiger partial charge in [0.15, 0.2) is 0 Å². The number of oxime groups is 2. The van der Waals surface area contributed by atoms with Gasteiger partial charge in [-0.3, -0.25) is 0 Å². The molecule has 6 aromatic rings. The van der Waals surface area contributed by atoms with Gasteiger partial charge in [0, 0.05) is 12.4 Å². The van der Waals surface area contributed by atoms with Crippen LogP contribution in [0.25, 0.3) is 0 Å². The van der Waals surface area contributed by atoms with Gasteiger partial charge in [-0.05, 0) is 50.4 Å². The molecule has 0 fully saturated rings. The van der Waals surface area contributed by atoms with Crippen LogP contribution in [0.5, 0.6) is 0 Å². The minimum absolute atomic E-state index is 0.757. The Balaban J connectivity index is 1.17. The molecule has 47 heavy (non-hydrogen) atoms. The van der Waals surface area contributed by atoms with E-state index in [1.54, 1.807) is 0 Å². The van der Waals surface area contributed by atoms with Crippen molar-refractivity contribution >= 4 is 60.2 Å². The molecule has 0 bridgehead atoms. The van der Waals surface area contributed by atoms with Gasteiger partial charge >= 0.3 is 16.6 Å². The largest absolute Gasteiger partial charge is 0.438 e. The molecule has 6 aromatic carbocycles. The average molecular weight is 647 g/mol. The third-order valence-corrected chi connectivity index (χ3v) is 15.9. The molecule has 0 heterocycles. The van der Waals surface area contributed by atoms with Gasteiger partial charge in [-0.15, -0.1) is 10.3 Å². The quantitative estimate of drug-likeness (QED) is 0.0516. The first kappa shape index (κ1) is 31.7. The number of hydrogen-bond acceptors (Lipinski definition) is 4. The van der Waals surface area contributed by atoms with E-state index in [4.69, 9.17) is 9.05 Å². The number of nitrogens with zero attached hydrogens (tertiary/aromatic N) is 2. The normalized spacial score (nSPS) is 11.9. The van der Waals surface area contributed by atoms with Gasteiger partial charge in [0.05, 0.1) is 0 Å². The standard InChI is InChI=1S/C41H38N2O2Si2/c1-8-22-36(23-9-1)46(37-24-10-2-11-25-37,38-26-12-3-13-27-38)44-42-34-20-7-21-35-43-45-47(39-28-14-4-15-29-39,40-30-16-5-17-31-40)41-32-18-6-19-33-41/h1-6,8-19,22-35H,7,20-21H2. The van der Waals surface area contributed by atoms with Gasteiger partial charge < -0.3 is 9.05 Å². The van der Waals surface area contributed by atoms with Gasteiger partial charge in [0.25, 0.3) is 0 Å². The first-order valence-corrected chi connectivity index (χ1v) is 19.9. The van der Waals surface area contributed by atoms with Crippen molar-refractivity contribution in [1.29, 1.82) is 0 Å². The maximum atomic E-state index is 6.66. The number of unbranched alkanes of at least 4 members (excludes halogenated alkanes) is 2. The fraction of sp³-hybridized carbons (Fsp3) is 0.0732. The van der Waals surface area contributed by atoms with Crippen LogP contribution in [0, 0.1) is 0 Å². The van der Waals surface area contributed by atoms with Crippen LogP contribution < -0.4 is 31.1 Å². The Hall–Kier alpha value is -5.31. The molecule has 0 amide bonds. The maximum Gasteiger partial charge on any atom is 0.380 e. The van der Waals surface area contributed by atoms with E-state index in [0.717, 1.165) is 50.4 Å². The van der Waals surface area contributed by atoms with Crippen LogP contribution in [-0.4, -0.2) is 29.1 Å². The number of hydrogen-bond donors (Lipinski definition) is 0. The summed E-state index contributed by atoms with van der Waals surface area (Å²) in [5, 5.41) is 16.2. The van der Waals surface area contributed by atoms with E-state index in [0.29, 0.717) is 0 Å². The summed E-state index contributed by atoms with van der Waals surface area (Å²) in [6.45, 7) is 0. The molecular formula is C41H38N2O2Si2. The Morgan fingerprint density at radius 3 is 0.766 bits per heavy atom. The molecule has 0 saturated carbocycles. The van der Waals surface area contributed by atoms with Crippen LogP contribution in [0.2, 0.25) is 0 Å². The lowest BCUT2D eigenvalue weighted by atomic mass is 10.3. The molecule has 0 aliphatic rings. The van der Waals surface area contributed by atoms with E-state index in [1.807, 2.05) is 48.8 Å². The van der Waals surface area contributed by atoms with E-state index in [1.165, 1.54) is 0 Å². The van der Waals surface area contributed by atoms with Crippen molar-refractivity contribution in [3.8, 4) is 0 Å². The third-order valence-electron chi connectivity index (χ3n) is 8.28. The molecule has 0 N–H and O–H groups in total. The summed E-state index contributed by atoms with van der Waals surface area (Å²) >= 11 is 0. The third kappa shape index (κ3) is 7.09. The smallest absolute Gasteiger partial charge is 0.380 e. The lowest BCUT2D eigenvalue weighted by Crippen LogP contribution is -2.68. The van der Waals surface area contributed by atoms with Gasteiger partial charge in [-0.1, -0.05) is 182 Å². The van der Waals surface area contributed by atoms with Crippen molar-refractivity contribution in [3.05, 3.63) is 182 Å². The van der Waals surface area contributed by atoms with E-state index in [-0.39, 0.29) is 0 Å². The Morgan fingerprint density at radius 2 is 0.553 bits per heavy atom. The fourth-order valence-electron chi connectivity index (χ4n) is 5.99. The van der Waals surface area contributed by atoms with Gasteiger partial charge in [-0.25, -0.2) is 0 Å².